The summed E-state index contributed by atoms with van der Waals surface area (Å²) in [6.45, 7) is 0.342. The normalized spacial score (nSPS) is 10.5. The first-order valence-corrected chi connectivity index (χ1v) is 7.12. The number of benzene rings is 2. The Balaban J connectivity index is 1.59. The molecule has 0 unspecified atom stereocenters. The molecule has 4 nitrogen and oxygen atoms in total. The van der Waals surface area contributed by atoms with E-state index >= 15 is 0 Å². The van der Waals surface area contributed by atoms with Crippen LogP contribution in [0.15, 0.2) is 48.7 Å². The Bertz CT molecular complexity index is 770. The van der Waals surface area contributed by atoms with E-state index in [2.05, 4.69) is 15.0 Å². The summed E-state index contributed by atoms with van der Waals surface area (Å²) in [6, 6.07) is 11.3. The molecule has 106 valence electrons. The minimum absolute atomic E-state index is 0.291. The first-order chi connectivity index (χ1) is 10.2. The summed E-state index contributed by atoms with van der Waals surface area (Å²) in [7, 11) is 0. The molecule has 3 aromatic rings. The number of halogens is 1. The van der Waals surface area contributed by atoms with E-state index in [4.69, 9.17) is 0 Å². The predicted octanol–water partition coefficient (Wildman–Crippen LogP) is 3.76. The van der Waals surface area contributed by atoms with Crippen molar-refractivity contribution in [2.75, 3.05) is 5.32 Å². The molecule has 1 heterocycles. The van der Waals surface area contributed by atoms with Gasteiger partial charge < -0.3 is 10.6 Å². The Morgan fingerprint density at radius 1 is 1.19 bits per heavy atom. The van der Waals surface area contributed by atoms with E-state index in [1.54, 1.807) is 18.3 Å². The third kappa shape index (κ3) is 3.35. The monoisotopic (exact) mass is 301 g/mol. The number of hydrogen-bond donors (Lipinski definition) is 2. The molecule has 0 bridgehead atoms. The highest BCUT2D eigenvalue weighted by Gasteiger charge is 2.04. The molecule has 1 aromatic heterocycles. The second-order valence-electron chi connectivity index (χ2n) is 4.51. The molecule has 21 heavy (non-hydrogen) atoms. The lowest BCUT2D eigenvalue weighted by molar-refractivity contribution is 0.251. The van der Waals surface area contributed by atoms with Crippen molar-refractivity contribution >= 4 is 33.3 Å². The number of rotatable bonds is 3. The lowest BCUT2D eigenvalue weighted by atomic mass is 10.2. The first-order valence-electron chi connectivity index (χ1n) is 6.34. The fraction of sp³-hybridized carbons (Fsp3) is 0.0667. The number of anilines is 1. The van der Waals surface area contributed by atoms with Crippen LogP contribution in [0.4, 0.5) is 14.9 Å². The van der Waals surface area contributed by atoms with Crippen molar-refractivity contribution in [2.24, 2.45) is 0 Å². The molecule has 0 aliphatic carbocycles. The lowest BCUT2D eigenvalue weighted by Crippen LogP contribution is -2.28. The third-order valence-electron chi connectivity index (χ3n) is 2.98. The Hall–Kier alpha value is -2.47. The first kappa shape index (κ1) is 13.5. The minimum atomic E-state index is -0.303. The van der Waals surface area contributed by atoms with Gasteiger partial charge in [-0.25, -0.2) is 9.18 Å². The van der Waals surface area contributed by atoms with Crippen LogP contribution in [0.3, 0.4) is 0 Å². The van der Waals surface area contributed by atoms with Gasteiger partial charge in [-0.2, -0.15) is 4.37 Å². The average molecular weight is 301 g/mol. The summed E-state index contributed by atoms with van der Waals surface area (Å²) in [5, 5.41) is 6.54. The van der Waals surface area contributed by atoms with Crippen molar-refractivity contribution in [1.82, 2.24) is 9.69 Å². The molecule has 0 saturated heterocycles. The number of carbonyl (C=O) groups is 1. The summed E-state index contributed by atoms with van der Waals surface area (Å²) in [5.41, 5.74) is 1.55. The van der Waals surface area contributed by atoms with Gasteiger partial charge in [0.15, 0.2) is 0 Å². The number of fused-ring (bicyclic) bond motifs is 1. The van der Waals surface area contributed by atoms with Crippen molar-refractivity contribution in [3.8, 4) is 0 Å². The van der Waals surface area contributed by atoms with Crippen LogP contribution in [0, 0.1) is 5.82 Å². The van der Waals surface area contributed by atoms with Gasteiger partial charge in [0, 0.05) is 23.8 Å². The summed E-state index contributed by atoms with van der Waals surface area (Å²) in [6.07, 6.45) is 1.79. The van der Waals surface area contributed by atoms with Crippen LogP contribution in [0.2, 0.25) is 0 Å². The van der Waals surface area contributed by atoms with Crippen LogP contribution >= 0.6 is 11.5 Å². The second kappa shape index (κ2) is 5.88. The molecule has 2 amide bonds. The fourth-order valence-electron chi connectivity index (χ4n) is 1.90. The maximum absolute atomic E-state index is 12.8. The third-order valence-corrected chi connectivity index (χ3v) is 3.74. The molecular weight excluding hydrogens is 289 g/mol. The van der Waals surface area contributed by atoms with Gasteiger partial charge in [0.05, 0.1) is 4.70 Å². The number of amides is 2. The molecule has 0 fully saturated rings. The van der Waals surface area contributed by atoms with E-state index < -0.39 is 0 Å². The molecule has 3 rings (SSSR count). The lowest BCUT2D eigenvalue weighted by Gasteiger charge is -2.07. The highest BCUT2D eigenvalue weighted by Crippen LogP contribution is 2.21. The van der Waals surface area contributed by atoms with Gasteiger partial charge in [-0.1, -0.05) is 12.1 Å². The van der Waals surface area contributed by atoms with Crippen LogP contribution in [-0.2, 0) is 6.54 Å². The maximum Gasteiger partial charge on any atom is 0.319 e. The van der Waals surface area contributed by atoms with E-state index in [1.807, 2.05) is 18.2 Å². The molecular formula is C15H12FN3OS. The average Bonchev–Trinajstić information content (AvgIpc) is 2.94. The van der Waals surface area contributed by atoms with Crippen molar-refractivity contribution in [3.63, 3.8) is 0 Å². The summed E-state index contributed by atoms with van der Waals surface area (Å²) >= 11 is 1.38. The molecule has 0 aliphatic rings. The number of urea groups is 1. The number of nitrogens with zero attached hydrogens (tertiary/aromatic N) is 1. The van der Waals surface area contributed by atoms with Gasteiger partial charge in [-0.15, -0.1) is 0 Å². The van der Waals surface area contributed by atoms with Crippen LogP contribution in [0.1, 0.15) is 5.56 Å². The number of nitrogens with one attached hydrogen (secondary N) is 2. The Kier molecular flexibility index (Phi) is 3.79. The Labute approximate surface area is 124 Å². The molecule has 0 atom stereocenters. The zero-order valence-electron chi connectivity index (χ0n) is 11.0. The quantitative estimate of drug-likeness (QED) is 0.774. The van der Waals surface area contributed by atoms with Crippen molar-refractivity contribution < 1.29 is 9.18 Å². The van der Waals surface area contributed by atoms with Crippen LogP contribution in [0.5, 0.6) is 0 Å². The maximum atomic E-state index is 12.8. The highest BCUT2D eigenvalue weighted by molar-refractivity contribution is 7.13. The standard InChI is InChI=1S/C15H12FN3OS/c16-12-4-1-10(2-5-12)8-17-15(20)19-13-6-3-11-9-18-21-14(11)7-13/h1-7,9H,8H2,(H2,17,19,20). The van der Waals surface area contributed by atoms with E-state index in [0.717, 1.165) is 15.6 Å². The smallest absolute Gasteiger partial charge is 0.319 e. The van der Waals surface area contributed by atoms with Crippen molar-refractivity contribution in [2.45, 2.75) is 6.54 Å². The van der Waals surface area contributed by atoms with E-state index in [0.29, 0.717) is 12.2 Å². The molecule has 6 heteroatoms. The zero-order valence-corrected chi connectivity index (χ0v) is 11.8. The molecule has 0 saturated carbocycles. The molecule has 2 N–H and O–H groups in total. The Morgan fingerprint density at radius 2 is 2.00 bits per heavy atom. The van der Waals surface area contributed by atoms with Crippen LogP contribution in [-0.4, -0.2) is 10.4 Å². The van der Waals surface area contributed by atoms with Crippen molar-refractivity contribution in [1.29, 1.82) is 0 Å². The van der Waals surface area contributed by atoms with Gasteiger partial charge in [0.25, 0.3) is 0 Å². The zero-order chi connectivity index (χ0) is 14.7. The number of carbonyl (C=O) groups excluding carboxylic acids is 1. The number of aromatic nitrogens is 1. The van der Waals surface area contributed by atoms with Gasteiger partial charge in [-0.3, -0.25) is 0 Å². The topological polar surface area (TPSA) is 54.0 Å². The second-order valence-corrected chi connectivity index (χ2v) is 5.35. The van der Waals surface area contributed by atoms with E-state index in [9.17, 15) is 9.18 Å². The van der Waals surface area contributed by atoms with E-state index in [1.165, 1.54) is 23.7 Å². The SMILES string of the molecule is O=C(NCc1ccc(F)cc1)Nc1ccc2cnsc2c1. The summed E-state index contributed by atoms with van der Waals surface area (Å²) < 4.78 is 17.9. The largest absolute Gasteiger partial charge is 0.334 e. The van der Waals surface area contributed by atoms with Crippen LogP contribution in [0.25, 0.3) is 10.1 Å². The fourth-order valence-corrected chi connectivity index (χ4v) is 2.58. The molecule has 0 spiro atoms. The Morgan fingerprint density at radius 3 is 2.81 bits per heavy atom. The predicted molar refractivity (Wildman–Crippen MR) is 81.9 cm³/mol. The summed E-state index contributed by atoms with van der Waals surface area (Å²) in [4.78, 5) is 11.8. The molecule has 0 radical (unpaired) electrons. The van der Waals surface area contributed by atoms with Gasteiger partial charge in [0.2, 0.25) is 0 Å². The van der Waals surface area contributed by atoms with Gasteiger partial charge in [0.1, 0.15) is 5.82 Å². The molecule has 2 aromatic carbocycles. The highest BCUT2D eigenvalue weighted by atomic mass is 32.1. The van der Waals surface area contributed by atoms with Crippen molar-refractivity contribution in [3.05, 3.63) is 60.0 Å². The summed E-state index contributed by atoms with van der Waals surface area (Å²) in [5.74, 6) is -0.291. The van der Waals surface area contributed by atoms with Gasteiger partial charge in [-0.05, 0) is 47.4 Å². The van der Waals surface area contributed by atoms with E-state index in [-0.39, 0.29) is 11.8 Å². The van der Waals surface area contributed by atoms with Crippen LogP contribution < -0.4 is 10.6 Å². The van der Waals surface area contributed by atoms with Gasteiger partial charge >= 0.3 is 6.03 Å². The molecule has 0 aliphatic heterocycles. The minimum Gasteiger partial charge on any atom is -0.334 e. The number of hydrogen-bond acceptors (Lipinski definition) is 3.